The van der Waals surface area contributed by atoms with Crippen LogP contribution in [0.5, 0.6) is 0 Å². The predicted molar refractivity (Wildman–Crippen MR) is 58.2 cm³/mol. The molecule has 1 rings (SSSR count). The van der Waals surface area contributed by atoms with Crippen molar-refractivity contribution in [3.8, 4) is 0 Å². The first-order chi connectivity index (χ1) is 7.95. The monoisotopic (exact) mass is 261 g/mol. The molecule has 1 saturated heterocycles. The molecule has 1 atom stereocenters. The molecular formula is C9H12ClN3O4. The van der Waals surface area contributed by atoms with Crippen LogP contribution in [0, 0.1) is 0 Å². The molecule has 0 aromatic heterocycles. The van der Waals surface area contributed by atoms with Gasteiger partial charge in [0, 0.05) is 12.3 Å². The second-order valence-electron chi connectivity index (χ2n) is 3.51. The highest BCUT2D eigenvalue weighted by molar-refractivity contribution is 6.19. The number of nitrogens with zero attached hydrogens (tertiary/aromatic N) is 1. The van der Waals surface area contributed by atoms with Crippen molar-refractivity contribution in [1.29, 1.82) is 0 Å². The first-order valence-electron chi connectivity index (χ1n) is 4.95. The molecule has 1 heterocycles. The Morgan fingerprint density at radius 2 is 2.18 bits per heavy atom. The normalized spacial score (nSPS) is 19.9. The van der Waals surface area contributed by atoms with Crippen LogP contribution in [0.2, 0.25) is 0 Å². The Bertz CT molecular complexity index is 371. The quantitative estimate of drug-likeness (QED) is 0.502. The topological polar surface area (TPSA) is 95.6 Å². The first kappa shape index (κ1) is 13.4. The number of carbonyl (C=O) groups excluding carboxylic acids is 4. The molecule has 1 aliphatic heterocycles. The lowest BCUT2D eigenvalue weighted by Crippen LogP contribution is -2.61. The van der Waals surface area contributed by atoms with E-state index < -0.39 is 29.8 Å². The summed E-state index contributed by atoms with van der Waals surface area (Å²) in [4.78, 5) is 46.1. The number of imide groups is 2. The van der Waals surface area contributed by atoms with E-state index in [-0.39, 0.29) is 18.8 Å². The Morgan fingerprint density at radius 3 is 2.76 bits per heavy atom. The molecule has 5 amide bonds. The molecule has 0 bridgehead atoms. The van der Waals surface area contributed by atoms with Gasteiger partial charge >= 0.3 is 6.03 Å². The Balaban J connectivity index is 2.64. The van der Waals surface area contributed by atoms with E-state index in [1.165, 1.54) is 6.92 Å². The Kier molecular flexibility index (Phi) is 4.45. The summed E-state index contributed by atoms with van der Waals surface area (Å²) in [5, 5.41) is 4.14. The van der Waals surface area contributed by atoms with Gasteiger partial charge < -0.3 is 4.90 Å². The summed E-state index contributed by atoms with van der Waals surface area (Å²) in [6.07, 6.45) is -0.00431. The van der Waals surface area contributed by atoms with Crippen molar-refractivity contribution in [2.24, 2.45) is 0 Å². The van der Waals surface area contributed by atoms with Crippen LogP contribution in [0.1, 0.15) is 13.3 Å². The fraction of sp³-hybridized carbons (Fsp3) is 0.556. The number of amides is 5. The summed E-state index contributed by atoms with van der Waals surface area (Å²) in [6.45, 7) is 1.21. The Morgan fingerprint density at radius 1 is 1.53 bits per heavy atom. The van der Waals surface area contributed by atoms with Gasteiger partial charge in [-0.05, 0) is 6.92 Å². The van der Waals surface area contributed by atoms with Gasteiger partial charge in [0.05, 0.1) is 0 Å². The minimum atomic E-state index is -0.795. The lowest BCUT2D eigenvalue weighted by molar-refractivity contribution is -0.138. The summed E-state index contributed by atoms with van der Waals surface area (Å²) in [6, 6.07) is -1.56. The smallest absolute Gasteiger partial charge is 0.303 e. The van der Waals surface area contributed by atoms with E-state index in [2.05, 4.69) is 10.6 Å². The molecule has 1 unspecified atom stereocenters. The van der Waals surface area contributed by atoms with Crippen LogP contribution in [0.3, 0.4) is 0 Å². The molecule has 0 saturated carbocycles. The summed E-state index contributed by atoms with van der Waals surface area (Å²) < 4.78 is 0. The molecule has 0 radical (unpaired) electrons. The molecular weight excluding hydrogens is 250 g/mol. The maximum absolute atomic E-state index is 11.6. The van der Waals surface area contributed by atoms with Gasteiger partial charge in [0.1, 0.15) is 12.6 Å². The van der Waals surface area contributed by atoms with Crippen LogP contribution < -0.4 is 10.6 Å². The molecule has 8 heteroatoms. The molecule has 7 nitrogen and oxygen atoms in total. The van der Waals surface area contributed by atoms with Crippen molar-refractivity contribution in [1.82, 2.24) is 15.5 Å². The maximum atomic E-state index is 11.6. The van der Waals surface area contributed by atoms with Gasteiger partial charge in [-0.15, -0.1) is 11.6 Å². The zero-order valence-corrected chi connectivity index (χ0v) is 9.91. The highest BCUT2D eigenvalue weighted by Crippen LogP contribution is 2.04. The first-order valence-corrected chi connectivity index (χ1v) is 5.49. The van der Waals surface area contributed by atoms with Gasteiger partial charge in [-0.25, -0.2) is 4.79 Å². The van der Waals surface area contributed by atoms with Gasteiger partial charge in [-0.3, -0.25) is 25.0 Å². The van der Waals surface area contributed by atoms with Crippen molar-refractivity contribution in [3.05, 3.63) is 0 Å². The van der Waals surface area contributed by atoms with Crippen LogP contribution in [-0.4, -0.2) is 47.1 Å². The number of halogens is 1. The van der Waals surface area contributed by atoms with Crippen LogP contribution >= 0.6 is 11.6 Å². The number of alkyl halides is 1. The SMILES string of the molecule is CC1C(=O)NC(=O)CN1C(=O)NC(=O)CCCl. The molecule has 1 fully saturated rings. The van der Waals surface area contributed by atoms with E-state index in [0.717, 1.165) is 4.90 Å². The largest absolute Gasteiger partial charge is 0.325 e. The second kappa shape index (κ2) is 5.62. The van der Waals surface area contributed by atoms with Crippen LogP contribution in [0.15, 0.2) is 0 Å². The third-order valence-electron chi connectivity index (χ3n) is 2.25. The van der Waals surface area contributed by atoms with E-state index in [0.29, 0.717) is 0 Å². The van der Waals surface area contributed by atoms with Crippen LogP contribution in [0.25, 0.3) is 0 Å². The van der Waals surface area contributed by atoms with E-state index in [1.807, 2.05) is 0 Å². The standard InChI is InChI=1S/C9H12ClN3O4/c1-5-8(16)11-7(15)4-13(5)9(17)12-6(14)2-3-10/h5H,2-4H2,1H3,(H,11,15,16)(H,12,14,17). The lowest BCUT2D eigenvalue weighted by atomic mass is 10.2. The predicted octanol–water partition coefficient (Wildman–Crippen LogP) is -0.802. The number of rotatable bonds is 2. The lowest BCUT2D eigenvalue weighted by Gasteiger charge is -2.31. The van der Waals surface area contributed by atoms with Gasteiger partial charge in [0.25, 0.3) is 0 Å². The van der Waals surface area contributed by atoms with E-state index in [4.69, 9.17) is 11.6 Å². The summed E-state index contributed by atoms with van der Waals surface area (Å²) in [5.41, 5.74) is 0. The molecule has 0 aromatic carbocycles. The number of hydrogen-bond acceptors (Lipinski definition) is 4. The number of nitrogens with one attached hydrogen (secondary N) is 2. The Labute approximate surface area is 102 Å². The minimum Gasteiger partial charge on any atom is -0.303 e. The zero-order chi connectivity index (χ0) is 13.0. The van der Waals surface area contributed by atoms with Crippen molar-refractivity contribution >= 4 is 35.4 Å². The molecule has 0 aromatic rings. The van der Waals surface area contributed by atoms with Crippen molar-refractivity contribution in [2.45, 2.75) is 19.4 Å². The molecule has 1 aliphatic rings. The molecule has 17 heavy (non-hydrogen) atoms. The van der Waals surface area contributed by atoms with Crippen LogP contribution in [0.4, 0.5) is 4.79 Å². The number of urea groups is 1. The molecule has 2 N–H and O–H groups in total. The number of piperazine rings is 1. The number of carbonyl (C=O) groups is 4. The Hall–Kier alpha value is -1.63. The van der Waals surface area contributed by atoms with E-state index >= 15 is 0 Å². The summed E-state index contributed by atoms with van der Waals surface area (Å²) >= 11 is 5.34. The molecule has 0 spiro atoms. The molecule has 94 valence electrons. The fourth-order valence-corrected chi connectivity index (χ4v) is 1.47. The van der Waals surface area contributed by atoms with Gasteiger partial charge in [0.2, 0.25) is 17.7 Å². The van der Waals surface area contributed by atoms with Gasteiger partial charge in [-0.2, -0.15) is 0 Å². The second-order valence-corrected chi connectivity index (χ2v) is 3.89. The summed E-state index contributed by atoms with van der Waals surface area (Å²) in [7, 11) is 0. The highest BCUT2D eigenvalue weighted by atomic mass is 35.5. The van der Waals surface area contributed by atoms with Gasteiger partial charge in [0.15, 0.2) is 0 Å². The van der Waals surface area contributed by atoms with Crippen molar-refractivity contribution in [2.75, 3.05) is 12.4 Å². The highest BCUT2D eigenvalue weighted by Gasteiger charge is 2.33. The van der Waals surface area contributed by atoms with E-state index in [1.54, 1.807) is 0 Å². The maximum Gasteiger partial charge on any atom is 0.325 e. The average molecular weight is 262 g/mol. The van der Waals surface area contributed by atoms with Crippen molar-refractivity contribution in [3.63, 3.8) is 0 Å². The van der Waals surface area contributed by atoms with E-state index in [9.17, 15) is 19.2 Å². The van der Waals surface area contributed by atoms with Crippen LogP contribution in [-0.2, 0) is 14.4 Å². The third-order valence-corrected chi connectivity index (χ3v) is 2.44. The zero-order valence-electron chi connectivity index (χ0n) is 9.16. The third kappa shape index (κ3) is 3.42. The fourth-order valence-electron chi connectivity index (χ4n) is 1.30. The minimum absolute atomic E-state index is 0.00431. The van der Waals surface area contributed by atoms with Gasteiger partial charge in [-0.1, -0.05) is 0 Å². The average Bonchev–Trinajstić information content (AvgIpc) is 2.23. The number of hydrogen-bond donors (Lipinski definition) is 2. The molecule has 0 aliphatic carbocycles. The summed E-state index contributed by atoms with van der Waals surface area (Å²) in [5.74, 6) is -1.60. The van der Waals surface area contributed by atoms with Crippen molar-refractivity contribution < 1.29 is 19.2 Å².